The highest BCUT2D eigenvalue weighted by Gasteiger charge is 2.17. The molecule has 6 rings (SSSR count). The van der Waals surface area contributed by atoms with Gasteiger partial charge in [0.2, 0.25) is 5.91 Å². The van der Waals surface area contributed by atoms with E-state index in [0.29, 0.717) is 41.2 Å². The van der Waals surface area contributed by atoms with Gasteiger partial charge in [0.05, 0.1) is 40.5 Å². The van der Waals surface area contributed by atoms with Crippen LogP contribution in [-0.2, 0) is 4.79 Å². The van der Waals surface area contributed by atoms with Crippen LogP contribution in [0.4, 0.5) is 15.8 Å². The summed E-state index contributed by atoms with van der Waals surface area (Å²) in [5.74, 6) is -0.374. The molecule has 5 heterocycles. The van der Waals surface area contributed by atoms with Gasteiger partial charge in [0.25, 0.3) is 0 Å². The minimum absolute atomic E-state index is 0.0512. The van der Waals surface area contributed by atoms with Gasteiger partial charge in [0.15, 0.2) is 0 Å². The summed E-state index contributed by atoms with van der Waals surface area (Å²) < 4.78 is 14.7. The Morgan fingerprint density at radius 1 is 0.953 bits per heavy atom. The summed E-state index contributed by atoms with van der Waals surface area (Å²) in [6.07, 6.45) is 8.04. The first kappa shape index (κ1) is 28.0. The second-order valence-corrected chi connectivity index (χ2v) is 10.7. The van der Waals surface area contributed by atoms with Crippen LogP contribution in [0.15, 0.2) is 67.3 Å². The number of halogens is 1. The van der Waals surface area contributed by atoms with Gasteiger partial charge in [-0.15, -0.1) is 0 Å². The van der Waals surface area contributed by atoms with Crippen molar-refractivity contribution in [2.75, 3.05) is 37.8 Å². The van der Waals surface area contributed by atoms with Crippen molar-refractivity contribution in [1.82, 2.24) is 35.0 Å². The summed E-state index contributed by atoms with van der Waals surface area (Å²) in [5.41, 5.74) is 7.96. The highest BCUT2D eigenvalue weighted by atomic mass is 19.1. The maximum atomic E-state index is 14.7. The third-order valence-electron chi connectivity index (χ3n) is 7.10. The molecule has 10 nitrogen and oxygen atoms in total. The summed E-state index contributed by atoms with van der Waals surface area (Å²) in [5, 5.41) is 14.7. The van der Waals surface area contributed by atoms with Crippen LogP contribution >= 0.6 is 0 Å². The Morgan fingerprint density at radius 2 is 1.79 bits per heavy atom. The van der Waals surface area contributed by atoms with Crippen LogP contribution < -0.4 is 10.6 Å². The molecule has 5 aromatic heterocycles. The van der Waals surface area contributed by atoms with Crippen molar-refractivity contribution in [3.05, 3.63) is 73.1 Å². The van der Waals surface area contributed by atoms with Crippen molar-refractivity contribution < 1.29 is 9.18 Å². The van der Waals surface area contributed by atoms with Crippen molar-refractivity contribution in [1.29, 1.82) is 0 Å². The maximum Gasteiger partial charge on any atom is 0.224 e. The topological polar surface area (TPSA) is 128 Å². The summed E-state index contributed by atoms with van der Waals surface area (Å²) in [6, 6.07) is 12.6. The van der Waals surface area contributed by atoms with Gasteiger partial charge in [-0.05, 0) is 68.5 Å². The zero-order valence-electron chi connectivity index (χ0n) is 24.2. The lowest BCUT2D eigenvalue weighted by molar-refractivity contribution is -0.116. The maximum absolute atomic E-state index is 14.7. The molecule has 0 bridgehead atoms. The van der Waals surface area contributed by atoms with E-state index in [1.165, 1.54) is 12.1 Å². The number of benzene rings is 1. The zero-order valence-corrected chi connectivity index (χ0v) is 24.2. The Bertz CT molecular complexity index is 1930. The first-order valence-electron chi connectivity index (χ1n) is 14.1. The van der Waals surface area contributed by atoms with Crippen molar-refractivity contribution in [3.63, 3.8) is 0 Å². The fraction of sp³-hybridized carbons (Fsp3) is 0.219. The van der Waals surface area contributed by atoms with E-state index in [0.717, 1.165) is 51.8 Å². The first-order valence-corrected chi connectivity index (χ1v) is 14.1. The number of anilines is 2. The highest BCUT2D eigenvalue weighted by molar-refractivity contribution is 6.00. The van der Waals surface area contributed by atoms with Crippen LogP contribution in [0.25, 0.3) is 55.7 Å². The number of carbonyl (C=O) groups excluding carboxylic acids is 1. The fourth-order valence-electron chi connectivity index (χ4n) is 5.03. The van der Waals surface area contributed by atoms with Gasteiger partial charge in [-0.3, -0.25) is 19.9 Å². The molecule has 4 N–H and O–H groups in total. The summed E-state index contributed by atoms with van der Waals surface area (Å²) in [7, 11) is 4.00. The SMILES string of the molecule is CCCC(=O)Nc1cncc(-c2ccc3[nH]nc(-c4cc5c(-c6cc(F)cc(NCCN(C)C)c6)cncc5[nH]4)c3n2)c1. The molecule has 0 unspecified atom stereocenters. The summed E-state index contributed by atoms with van der Waals surface area (Å²) in [4.78, 5) is 31.2. The number of likely N-dealkylation sites (N-methyl/N-ethyl adjacent to an activating group) is 1. The number of aromatic nitrogens is 6. The highest BCUT2D eigenvalue weighted by Crippen LogP contribution is 2.35. The van der Waals surface area contributed by atoms with Gasteiger partial charge >= 0.3 is 0 Å². The molecule has 0 saturated heterocycles. The minimum atomic E-state index is -0.323. The van der Waals surface area contributed by atoms with E-state index in [4.69, 9.17) is 4.98 Å². The average molecular weight is 578 g/mol. The van der Waals surface area contributed by atoms with E-state index in [1.807, 2.05) is 51.4 Å². The normalized spacial score (nSPS) is 11.5. The predicted octanol–water partition coefficient (Wildman–Crippen LogP) is 6.08. The third kappa shape index (κ3) is 6.07. The number of hydrogen-bond acceptors (Lipinski definition) is 7. The number of rotatable bonds is 10. The molecular weight excluding hydrogens is 545 g/mol. The molecule has 0 aliphatic carbocycles. The van der Waals surface area contributed by atoms with Crippen molar-refractivity contribution in [2.24, 2.45) is 0 Å². The number of nitrogens with one attached hydrogen (secondary N) is 4. The number of pyridine rings is 3. The Hall–Kier alpha value is -5.16. The van der Waals surface area contributed by atoms with E-state index in [1.54, 1.807) is 24.8 Å². The van der Waals surface area contributed by atoms with Gasteiger partial charge < -0.3 is 20.5 Å². The average Bonchev–Trinajstić information content (AvgIpc) is 3.60. The molecule has 0 radical (unpaired) electrons. The number of fused-ring (bicyclic) bond motifs is 2. The third-order valence-corrected chi connectivity index (χ3v) is 7.10. The van der Waals surface area contributed by atoms with Crippen molar-refractivity contribution in [3.8, 4) is 33.8 Å². The van der Waals surface area contributed by atoms with Crippen LogP contribution in [0.5, 0.6) is 0 Å². The van der Waals surface area contributed by atoms with E-state index >= 15 is 0 Å². The molecule has 43 heavy (non-hydrogen) atoms. The smallest absolute Gasteiger partial charge is 0.224 e. The molecule has 218 valence electrons. The Morgan fingerprint density at radius 3 is 2.63 bits per heavy atom. The lowest BCUT2D eigenvalue weighted by Gasteiger charge is -2.13. The van der Waals surface area contributed by atoms with E-state index in [-0.39, 0.29) is 11.7 Å². The second-order valence-electron chi connectivity index (χ2n) is 10.7. The van der Waals surface area contributed by atoms with Gasteiger partial charge in [0, 0.05) is 54.1 Å². The quantitative estimate of drug-likeness (QED) is 0.155. The van der Waals surface area contributed by atoms with Crippen molar-refractivity contribution >= 4 is 39.2 Å². The molecule has 0 spiro atoms. The molecular formula is C32H32FN9O. The lowest BCUT2D eigenvalue weighted by atomic mass is 10.0. The predicted molar refractivity (Wildman–Crippen MR) is 168 cm³/mol. The van der Waals surface area contributed by atoms with E-state index in [2.05, 4.69) is 40.7 Å². The number of hydrogen-bond donors (Lipinski definition) is 4. The Balaban J connectivity index is 1.35. The molecule has 6 aromatic rings. The van der Waals surface area contributed by atoms with Gasteiger partial charge in [-0.25, -0.2) is 9.37 Å². The van der Waals surface area contributed by atoms with Crippen LogP contribution in [0.2, 0.25) is 0 Å². The number of H-pyrrole nitrogens is 2. The lowest BCUT2D eigenvalue weighted by Crippen LogP contribution is -2.20. The standard InChI is InChI=1S/C32H32FN9O/c1-4-5-30(43)37-23-12-20(15-34-16-23)26-6-7-27-31(39-26)32(41-40-27)28-14-24-25(17-35-18-29(24)38-28)19-10-21(33)13-22(11-19)36-8-9-42(2)3/h6-7,10-18,36,38H,4-5,8-9H2,1-3H3,(H,37,43)(H,40,41). The first-order chi connectivity index (χ1) is 20.9. The van der Waals surface area contributed by atoms with E-state index < -0.39 is 0 Å². The number of amides is 1. The largest absolute Gasteiger partial charge is 0.384 e. The fourth-order valence-corrected chi connectivity index (χ4v) is 5.03. The van der Waals surface area contributed by atoms with Gasteiger partial charge in [-0.1, -0.05) is 6.92 Å². The molecule has 0 aliphatic rings. The van der Waals surface area contributed by atoms with Gasteiger partial charge in [-0.2, -0.15) is 5.10 Å². The number of carbonyl (C=O) groups is 1. The van der Waals surface area contributed by atoms with Gasteiger partial charge in [0.1, 0.15) is 17.0 Å². The number of nitrogens with zero attached hydrogens (tertiary/aromatic N) is 5. The Kier molecular flexibility index (Phi) is 7.80. The molecule has 0 atom stereocenters. The summed E-state index contributed by atoms with van der Waals surface area (Å²) in [6.45, 7) is 3.49. The molecule has 0 aliphatic heterocycles. The van der Waals surface area contributed by atoms with Crippen LogP contribution in [0.1, 0.15) is 19.8 Å². The molecule has 0 fully saturated rings. The Labute approximate surface area is 247 Å². The minimum Gasteiger partial charge on any atom is -0.384 e. The van der Waals surface area contributed by atoms with E-state index in [9.17, 15) is 9.18 Å². The summed E-state index contributed by atoms with van der Waals surface area (Å²) >= 11 is 0. The van der Waals surface area contributed by atoms with Crippen LogP contribution in [0.3, 0.4) is 0 Å². The van der Waals surface area contributed by atoms with Crippen LogP contribution in [0, 0.1) is 5.82 Å². The molecule has 0 saturated carbocycles. The molecule has 11 heteroatoms. The monoisotopic (exact) mass is 577 g/mol. The van der Waals surface area contributed by atoms with Crippen molar-refractivity contribution in [2.45, 2.75) is 19.8 Å². The second kappa shape index (κ2) is 12.0. The zero-order chi connectivity index (χ0) is 29.9. The molecule has 1 aromatic carbocycles. The van der Waals surface area contributed by atoms with Crippen LogP contribution in [-0.4, -0.2) is 68.1 Å². The number of aromatic amines is 2. The molecule has 1 amide bonds.